The molecule has 1 saturated carbocycles. The third-order valence-electron chi connectivity index (χ3n) is 3.72. The molecular formula is C14H24O4. The highest BCUT2D eigenvalue weighted by Gasteiger charge is 2.47. The number of ketones is 1. The quantitative estimate of drug-likeness (QED) is 0.431. The number of hydrogen-bond donors (Lipinski definition) is 1. The molecule has 1 N–H and O–H groups in total. The number of carbonyl (C=O) groups excluding carboxylic acids is 2. The average Bonchev–Trinajstić information content (AvgIpc) is 2.37. The first-order valence-corrected chi connectivity index (χ1v) is 6.99. The lowest BCUT2D eigenvalue weighted by Gasteiger charge is -2.33. The number of hydrogen-bond acceptors (Lipinski definition) is 4. The van der Waals surface area contributed by atoms with Crippen LogP contribution in [0, 0.1) is 5.41 Å². The van der Waals surface area contributed by atoms with E-state index in [4.69, 9.17) is 9.84 Å². The maximum atomic E-state index is 12.1. The van der Waals surface area contributed by atoms with Gasteiger partial charge in [-0.2, -0.15) is 0 Å². The van der Waals surface area contributed by atoms with E-state index in [2.05, 4.69) is 0 Å². The number of aliphatic hydroxyl groups is 1. The van der Waals surface area contributed by atoms with Gasteiger partial charge < -0.3 is 9.84 Å². The van der Waals surface area contributed by atoms with Gasteiger partial charge in [0.15, 0.2) is 0 Å². The summed E-state index contributed by atoms with van der Waals surface area (Å²) in [6.45, 7) is 2.26. The van der Waals surface area contributed by atoms with Gasteiger partial charge in [-0.25, -0.2) is 0 Å². The monoisotopic (exact) mass is 256 g/mol. The Morgan fingerprint density at radius 1 is 1.33 bits per heavy atom. The first kappa shape index (κ1) is 15.2. The lowest BCUT2D eigenvalue weighted by atomic mass is 9.70. The predicted octanol–water partition coefficient (Wildman–Crippen LogP) is 2.23. The van der Waals surface area contributed by atoms with Gasteiger partial charge in [0.05, 0.1) is 6.61 Å². The van der Waals surface area contributed by atoms with Crippen LogP contribution in [0.25, 0.3) is 0 Å². The minimum absolute atomic E-state index is 0.0520. The first-order valence-electron chi connectivity index (χ1n) is 6.99. The van der Waals surface area contributed by atoms with Crippen molar-refractivity contribution >= 4 is 11.8 Å². The topological polar surface area (TPSA) is 63.6 Å². The molecule has 1 aliphatic rings. The Morgan fingerprint density at radius 2 is 2.11 bits per heavy atom. The second-order valence-electron chi connectivity index (χ2n) is 4.97. The third kappa shape index (κ3) is 3.55. The van der Waals surface area contributed by atoms with E-state index in [0.29, 0.717) is 25.9 Å². The average molecular weight is 256 g/mol. The van der Waals surface area contributed by atoms with Crippen LogP contribution < -0.4 is 0 Å². The van der Waals surface area contributed by atoms with Crippen LogP contribution in [0.5, 0.6) is 0 Å². The maximum Gasteiger partial charge on any atom is 0.319 e. The number of aliphatic hydroxyl groups excluding tert-OH is 1. The zero-order valence-corrected chi connectivity index (χ0v) is 11.2. The summed E-state index contributed by atoms with van der Waals surface area (Å²) in [5, 5.41) is 8.75. The molecule has 1 rings (SSSR count). The van der Waals surface area contributed by atoms with Crippen molar-refractivity contribution in [2.75, 3.05) is 13.2 Å². The van der Waals surface area contributed by atoms with Gasteiger partial charge in [0.2, 0.25) is 0 Å². The molecule has 0 aliphatic heterocycles. The number of ether oxygens (including phenoxy) is 1. The summed E-state index contributed by atoms with van der Waals surface area (Å²) in [6, 6.07) is 0. The van der Waals surface area contributed by atoms with Gasteiger partial charge >= 0.3 is 5.97 Å². The number of carbonyl (C=O) groups is 2. The molecule has 1 fully saturated rings. The molecule has 1 aliphatic carbocycles. The lowest BCUT2D eigenvalue weighted by Crippen LogP contribution is -2.43. The highest BCUT2D eigenvalue weighted by atomic mass is 16.5. The van der Waals surface area contributed by atoms with Gasteiger partial charge in [-0.1, -0.05) is 19.3 Å². The van der Waals surface area contributed by atoms with Crippen LogP contribution in [-0.2, 0) is 14.3 Å². The van der Waals surface area contributed by atoms with E-state index in [-0.39, 0.29) is 18.4 Å². The van der Waals surface area contributed by atoms with Gasteiger partial charge in [-0.15, -0.1) is 0 Å². The van der Waals surface area contributed by atoms with Gasteiger partial charge in [0.1, 0.15) is 11.2 Å². The van der Waals surface area contributed by atoms with E-state index in [0.717, 1.165) is 32.1 Å². The minimum Gasteiger partial charge on any atom is -0.465 e. The van der Waals surface area contributed by atoms with Crippen molar-refractivity contribution in [3.63, 3.8) is 0 Å². The first-order chi connectivity index (χ1) is 8.67. The molecular weight excluding hydrogens is 232 g/mol. The van der Waals surface area contributed by atoms with Crippen LogP contribution >= 0.6 is 0 Å². The zero-order valence-electron chi connectivity index (χ0n) is 11.2. The van der Waals surface area contributed by atoms with Crippen LogP contribution in [0.1, 0.15) is 58.3 Å². The van der Waals surface area contributed by atoms with Crippen LogP contribution in [0.3, 0.4) is 0 Å². The molecule has 0 heterocycles. The third-order valence-corrected chi connectivity index (χ3v) is 3.72. The fourth-order valence-electron chi connectivity index (χ4n) is 2.66. The molecule has 0 radical (unpaired) electrons. The van der Waals surface area contributed by atoms with Gasteiger partial charge in [0, 0.05) is 13.0 Å². The van der Waals surface area contributed by atoms with Crippen molar-refractivity contribution < 1.29 is 19.4 Å². The van der Waals surface area contributed by atoms with Crippen molar-refractivity contribution in [2.45, 2.75) is 58.3 Å². The summed E-state index contributed by atoms with van der Waals surface area (Å²) < 4.78 is 5.10. The zero-order chi connectivity index (χ0) is 13.4. The molecule has 0 aromatic heterocycles. The largest absolute Gasteiger partial charge is 0.465 e. The Morgan fingerprint density at radius 3 is 2.72 bits per heavy atom. The Kier molecular flexibility index (Phi) is 6.33. The van der Waals surface area contributed by atoms with Crippen molar-refractivity contribution in [3.8, 4) is 0 Å². The summed E-state index contributed by atoms with van der Waals surface area (Å²) in [5.41, 5.74) is -0.885. The fourth-order valence-corrected chi connectivity index (χ4v) is 2.66. The molecule has 4 heteroatoms. The maximum absolute atomic E-state index is 12.1. The fraction of sp³-hybridized carbons (Fsp3) is 0.857. The molecule has 104 valence electrons. The molecule has 0 spiro atoms. The molecule has 0 aromatic carbocycles. The highest BCUT2D eigenvalue weighted by molar-refractivity contribution is 6.04. The van der Waals surface area contributed by atoms with Crippen molar-refractivity contribution in [1.29, 1.82) is 0 Å². The summed E-state index contributed by atoms with van der Waals surface area (Å²) in [4.78, 5) is 24.2. The van der Waals surface area contributed by atoms with Crippen molar-refractivity contribution in [1.82, 2.24) is 0 Å². The smallest absolute Gasteiger partial charge is 0.319 e. The molecule has 18 heavy (non-hydrogen) atoms. The standard InChI is InChI=1S/C14H24O4/c1-2-18-13(17)14(9-5-3-7-11-15)10-6-4-8-12(14)16/h15H,2-11H2,1H3. The molecule has 0 aromatic rings. The molecule has 4 nitrogen and oxygen atoms in total. The lowest BCUT2D eigenvalue weighted by molar-refractivity contribution is -0.163. The number of Topliss-reactive ketones (excluding diaryl/α,β-unsaturated/α-hetero) is 1. The molecule has 0 amide bonds. The van der Waals surface area contributed by atoms with Gasteiger partial charge in [0.25, 0.3) is 0 Å². The van der Waals surface area contributed by atoms with Gasteiger partial charge in [-0.3, -0.25) is 9.59 Å². The Labute approximate surface area is 109 Å². The SMILES string of the molecule is CCOC(=O)C1(CCCCCO)CCCCC1=O. The summed E-state index contributed by atoms with van der Waals surface area (Å²) in [7, 11) is 0. The van der Waals surface area contributed by atoms with E-state index in [1.54, 1.807) is 6.92 Å². The molecule has 1 atom stereocenters. The van der Waals surface area contributed by atoms with Crippen molar-refractivity contribution in [3.05, 3.63) is 0 Å². The number of rotatable bonds is 7. The molecule has 0 saturated heterocycles. The Balaban J connectivity index is 2.67. The van der Waals surface area contributed by atoms with E-state index in [1.807, 2.05) is 0 Å². The van der Waals surface area contributed by atoms with E-state index >= 15 is 0 Å². The number of esters is 1. The van der Waals surface area contributed by atoms with Crippen molar-refractivity contribution in [2.24, 2.45) is 5.41 Å². The summed E-state index contributed by atoms with van der Waals surface area (Å²) in [6.07, 6.45) is 5.89. The van der Waals surface area contributed by atoms with Gasteiger partial charge in [-0.05, 0) is 32.6 Å². The predicted molar refractivity (Wildman–Crippen MR) is 68.1 cm³/mol. The minimum atomic E-state index is -0.885. The van der Waals surface area contributed by atoms with Crippen LogP contribution in [0.4, 0.5) is 0 Å². The van der Waals surface area contributed by atoms with Crippen LogP contribution in [-0.4, -0.2) is 30.1 Å². The van der Waals surface area contributed by atoms with E-state index in [9.17, 15) is 9.59 Å². The second kappa shape index (κ2) is 7.52. The van der Waals surface area contributed by atoms with Crippen LogP contribution in [0.15, 0.2) is 0 Å². The Hall–Kier alpha value is -0.900. The van der Waals surface area contributed by atoms with E-state index < -0.39 is 5.41 Å². The molecule has 0 bridgehead atoms. The second-order valence-corrected chi connectivity index (χ2v) is 4.97. The molecule has 1 unspecified atom stereocenters. The van der Waals surface area contributed by atoms with E-state index in [1.165, 1.54) is 0 Å². The Bertz CT molecular complexity index is 288. The highest BCUT2D eigenvalue weighted by Crippen LogP contribution is 2.39. The normalized spacial score (nSPS) is 24.0. The summed E-state index contributed by atoms with van der Waals surface area (Å²) >= 11 is 0. The summed E-state index contributed by atoms with van der Waals surface area (Å²) in [5.74, 6) is -0.283. The van der Waals surface area contributed by atoms with Crippen LogP contribution in [0.2, 0.25) is 0 Å². The number of unbranched alkanes of at least 4 members (excludes halogenated alkanes) is 2.